The molecule has 1 aliphatic rings. The Balaban J connectivity index is 1.71. The van der Waals surface area contributed by atoms with Crippen LogP contribution in [0, 0.1) is 10.1 Å². The molecule has 2 aromatic rings. The molecule has 3 rings (SSSR count). The second-order valence-corrected chi connectivity index (χ2v) is 7.12. The summed E-state index contributed by atoms with van der Waals surface area (Å²) < 4.78 is 30.3. The van der Waals surface area contributed by atoms with Crippen molar-refractivity contribution in [1.82, 2.24) is 4.31 Å². The number of nitro benzene ring substituents is 1. The van der Waals surface area contributed by atoms with E-state index < -0.39 is 39.1 Å². The molecule has 10 heteroatoms. The number of nitrogens with zero attached hydrogens (tertiary/aromatic N) is 2. The summed E-state index contributed by atoms with van der Waals surface area (Å²) in [4.78, 5) is 34.4. The van der Waals surface area contributed by atoms with Crippen molar-refractivity contribution in [2.45, 2.75) is 4.90 Å². The van der Waals surface area contributed by atoms with Crippen molar-refractivity contribution >= 4 is 27.6 Å². The summed E-state index contributed by atoms with van der Waals surface area (Å²) in [6.45, 7) is -0.813. The van der Waals surface area contributed by atoms with Gasteiger partial charge in [0.15, 0.2) is 0 Å². The number of carbonyl (C=O) groups excluding carboxylic acids is 2. The van der Waals surface area contributed by atoms with Crippen LogP contribution in [0.25, 0.3) is 0 Å². The second kappa shape index (κ2) is 6.56. The van der Waals surface area contributed by atoms with Gasteiger partial charge >= 0.3 is 5.97 Å². The molecule has 0 unspecified atom stereocenters. The van der Waals surface area contributed by atoms with Crippen molar-refractivity contribution in [1.29, 1.82) is 0 Å². The lowest BCUT2D eigenvalue weighted by atomic mass is 10.2. The molecule has 0 fully saturated rings. The van der Waals surface area contributed by atoms with E-state index in [9.17, 15) is 28.1 Å². The molecule has 0 bridgehead atoms. The molecule has 0 saturated carbocycles. The highest BCUT2D eigenvalue weighted by Gasteiger charge is 2.40. The maximum Gasteiger partial charge on any atom is 0.345 e. The smallest absolute Gasteiger partial charge is 0.345 e. The Hall–Kier alpha value is -3.27. The van der Waals surface area contributed by atoms with Crippen LogP contribution in [-0.4, -0.2) is 42.7 Å². The van der Waals surface area contributed by atoms with Gasteiger partial charge in [-0.25, -0.2) is 17.5 Å². The van der Waals surface area contributed by atoms with Crippen LogP contribution in [0.2, 0.25) is 0 Å². The maximum atomic E-state index is 12.4. The fourth-order valence-electron chi connectivity index (χ4n) is 2.56. The number of ether oxygens (including phenoxy) is 1. The molecule has 0 saturated heterocycles. The summed E-state index contributed by atoms with van der Waals surface area (Å²) in [5.41, 5.74) is -0.622. The van der Waals surface area contributed by atoms with E-state index in [-0.39, 0.29) is 22.6 Å². The summed E-state index contributed by atoms with van der Waals surface area (Å²) in [6, 6.07) is 11.0. The monoisotopic (exact) mass is 376 g/mol. The lowest BCUT2D eigenvalue weighted by molar-refractivity contribution is -0.385. The lowest BCUT2D eigenvalue weighted by Gasteiger charge is -2.15. The van der Waals surface area contributed by atoms with Gasteiger partial charge in [-0.1, -0.05) is 24.3 Å². The van der Waals surface area contributed by atoms with Crippen molar-refractivity contribution in [3.05, 3.63) is 69.8 Å². The normalized spacial score (nSPS) is 14.8. The van der Waals surface area contributed by atoms with Gasteiger partial charge in [0.25, 0.3) is 21.6 Å². The third-order valence-electron chi connectivity index (χ3n) is 3.76. The Morgan fingerprint density at radius 2 is 1.77 bits per heavy atom. The minimum atomic E-state index is -4.00. The first-order chi connectivity index (χ1) is 12.3. The summed E-state index contributed by atoms with van der Waals surface area (Å²) in [7, 11) is -4.00. The van der Waals surface area contributed by atoms with E-state index in [0.29, 0.717) is 4.31 Å². The number of rotatable bonds is 5. The van der Waals surface area contributed by atoms with Crippen molar-refractivity contribution < 1.29 is 27.7 Å². The van der Waals surface area contributed by atoms with Crippen LogP contribution >= 0.6 is 0 Å². The fourth-order valence-corrected chi connectivity index (χ4v) is 4.11. The van der Waals surface area contributed by atoms with Crippen molar-refractivity contribution in [2.24, 2.45) is 0 Å². The summed E-state index contributed by atoms with van der Waals surface area (Å²) in [5.74, 6) is -1.68. The van der Waals surface area contributed by atoms with E-state index in [1.165, 1.54) is 36.4 Å². The minimum absolute atomic E-state index is 0.0533. The predicted octanol–water partition coefficient (Wildman–Crippen LogP) is 1.60. The third-order valence-corrected chi connectivity index (χ3v) is 5.60. The molecule has 0 spiro atoms. The van der Waals surface area contributed by atoms with Gasteiger partial charge in [0.05, 0.1) is 17.0 Å². The highest BCUT2D eigenvalue weighted by molar-refractivity contribution is 7.90. The van der Waals surface area contributed by atoms with Crippen LogP contribution in [-0.2, 0) is 14.8 Å². The van der Waals surface area contributed by atoms with Gasteiger partial charge in [0, 0.05) is 6.07 Å². The fraction of sp³-hybridized carbons (Fsp3) is 0.125. The zero-order valence-corrected chi connectivity index (χ0v) is 14.0. The Labute approximate surface area is 148 Å². The number of carbonyl (C=O) groups is 2. The highest BCUT2D eigenvalue weighted by atomic mass is 32.2. The molecular formula is C16H12N2O7S. The first kappa shape index (κ1) is 17.5. The number of para-hydroxylation sites is 1. The van der Waals surface area contributed by atoms with Crippen LogP contribution < -0.4 is 0 Å². The SMILES string of the molecule is O=C(OCCN1C(=O)c2ccccc2S1(=O)=O)c1ccccc1[N+](=O)[O-]. The highest BCUT2D eigenvalue weighted by Crippen LogP contribution is 2.29. The number of nitro groups is 1. The standard InChI is InChI=1S/C16H12N2O7S/c19-15-12-6-2-4-8-14(12)26(23,24)17(15)9-10-25-16(20)11-5-1-3-7-13(11)18(21)22/h1-8H,9-10H2. The number of benzene rings is 2. The minimum Gasteiger partial charge on any atom is -0.460 e. The number of hydrogen-bond acceptors (Lipinski definition) is 7. The van der Waals surface area contributed by atoms with E-state index in [1.54, 1.807) is 6.07 Å². The molecule has 0 aliphatic carbocycles. The van der Waals surface area contributed by atoms with Crippen molar-refractivity contribution in [3.63, 3.8) is 0 Å². The molecule has 1 amide bonds. The Morgan fingerprint density at radius 1 is 1.12 bits per heavy atom. The molecule has 2 aromatic carbocycles. The first-order valence-electron chi connectivity index (χ1n) is 7.40. The van der Waals surface area contributed by atoms with Crippen molar-refractivity contribution in [3.8, 4) is 0 Å². The van der Waals surface area contributed by atoms with E-state index in [0.717, 1.165) is 6.07 Å². The van der Waals surface area contributed by atoms with E-state index in [4.69, 9.17) is 4.74 Å². The first-order valence-corrected chi connectivity index (χ1v) is 8.84. The molecule has 0 radical (unpaired) electrons. The summed E-state index contributed by atoms with van der Waals surface area (Å²) >= 11 is 0. The van der Waals surface area contributed by atoms with Crippen LogP contribution in [0.3, 0.4) is 0 Å². The largest absolute Gasteiger partial charge is 0.460 e. The topological polar surface area (TPSA) is 124 Å². The predicted molar refractivity (Wildman–Crippen MR) is 88.0 cm³/mol. The molecule has 26 heavy (non-hydrogen) atoms. The zero-order chi connectivity index (χ0) is 18.9. The molecule has 0 N–H and O–H groups in total. The van der Waals surface area contributed by atoms with E-state index in [2.05, 4.69) is 0 Å². The van der Waals surface area contributed by atoms with Gasteiger partial charge in [0.2, 0.25) is 0 Å². The molecule has 134 valence electrons. The van der Waals surface area contributed by atoms with Crippen LogP contribution in [0.4, 0.5) is 5.69 Å². The quantitative estimate of drug-likeness (QED) is 0.441. The van der Waals surface area contributed by atoms with Crippen molar-refractivity contribution in [2.75, 3.05) is 13.2 Å². The molecular weight excluding hydrogens is 364 g/mol. The summed E-state index contributed by atoms with van der Waals surface area (Å²) in [6.07, 6.45) is 0. The van der Waals surface area contributed by atoms with E-state index >= 15 is 0 Å². The number of sulfonamides is 1. The zero-order valence-electron chi connectivity index (χ0n) is 13.2. The summed E-state index contributed by atoms with van der Waals surface area (Å²) in [5, 5.41) is 10.9. The molecule has 0 atom stereocenters. The molecule has 1 aliphatic heterocycles. The third kappa shape index (κ3) is 2.90. The van der Waals surface area contributed by atoms with Crippen LogP contribution in [0.15, 0.2) is 53.4 Å². The van der Waals surface area contributed by atoms with Crippen LogP contribution in [0.5, 0.6) is 0 Å². The maximum absolute atomic E-state index is 12.4. The number of esters is 1. The van der Waals surface area contributed by atoms with Gasteiger partial charge in [0.1, 0.15) is 17.1 Å². The average molecular weight is 376 g/mol. The van der Waals surface area contributed by atoms with E-state index in [1.807, 2.05) is 0 Å². The molecule has 0 aromatic heterocycles. The van der Waals surface area contributed by atoms with Gasteiger partial charge in [-0.2, -0.15) is 0 Å². The molecule has 1 heterocycles. The second-order valence-electron chi connectivity index (χ2n) is 5.29. The lowest BCUT2D eigenvalue weighted by Crippen LogP contribution is -2.33. The number of amides is 1. The molecule has 9 nitrogen and oxygen atoms in total. The number of hydrogen-bond donors (Lipinski definition) is 0. The Bertz CT molecular complexity index is 1020. The van der Waals surface area contributed by atoms with Gasteiger partial charge in [-0.05, 0) is 18.2 Å². The Kier molecular flexibility index (Phi) is 4.43. The van der Waals surface area contributed by atoms with Gasteiger partial charge in [-0.15, -0.1) is 0 Å². The average Bonchev–Trinajstić information content (AvgIpc) is 2.82. The van der Waals surface area contributed by atoms with Crippen LogP contribution in [0.1, 0.15) is 20.7 Å². The van der Waals surface area contributed by atoms with Gasteiger partial charge in [-0.3, -0.25) is 14.9 Å². The van der Waals surface area contributed by atoms with Gasteiger partial charge < -0.3 is 4.74 Å². The number of fused-ring (bicyclic) bond motifs is 1. The Morgan fingerprint density at radius 3 is 2.46 bits per heavy atom.